The number of carbonyl (C=O) groups excluding carboxylic acids is 1. The van der Waals surface area contributed by atoms with Gasteiger partial charge in [-0.3, -0.25) is 4.79 Å². The maximum Gasteiger partial charge on any atom is 0.326 e. The van der Waals surface area contributed by atoms with Gasteiger partial charge in [0.05, 0.1) is 6.61 Å². The molecule has 0 bridgehead atoms. The molecule has 118 valence electrons. The molecule has 1 N–H and O–H groups in total. The molecular formula is C17H27NO2S. The Morgan fingerprint density at radius 2 is 2.14 bits per heavy atom. The van der Waals surface area contributed by atoms with E-state index in [1.807, 2.05) is 20.8 Å². The maximum absolute atomic E-state index is 12.2. The van der Waals surface area contributed by atoms with Crippen LogP contribution in [0.5, 0.6) is 0 Å². The lowest BCUT2D eigenvalue weighted by molar-refractivity contribution is -0.150. The zero-order valence-corrected chi connectivity index (χ0v) is 14.5. The number of likely N-dealkylation sites (N-methyl/N-ethyl adjacent to an activating group) is 1. The standard InChI is InChI=1S/C17H27NO2S/c1-6-18-17(5,16(19)20-7-2)12-14(4)21-15-10-8-9-13(3)11-15/h8-11,14,18H,6-7,12H2,1-5H3. The van der Waals surface area contributed by atoms with Gasteiger partial charge >= 0.3 is 5.97 Å². The fourth-order valence-corrected chi connectivity index (χ4v) is 3.74. The Labute approximate surface area is 132 Å². The lowest BCUT2D eigenvalue weighted by atomic mass is 9.96. The van der Waals surface area contributed by atoms with Crippen molar-refractivity contribution in [2.45, 2.75) is 56.7 Å². The Balaban J connectivity index is 2.72. The molecule has 2 unspecified atom stereocenters. The summed E-state index contributed by atoms with van der Waals surface area (Å²) in [5.74, 6) is -0.163. The molecule has 0 aromatic heterocycles. The zero-order valence-electron chi connectivity index (χ0n) is 13.7. The van der Waals surface area contributed by atoms with E-state index in [0.29, 0.717) is 11.9 Å². The first-order valence-electron chi connectivity index (χ1n) is 7.57. The summed E-state index contributed by atoms with van der Waals surface area (Å²) in [5, 5.41) is 3.60. The first-order valence-corrected chi connectivity index (χ1v) is 8.44. The molecule has 1 aromatic carbocycles. The minimum Gasteiger partial charge on any atom is -0.465 e. The number of nitrogens with one attached hydrogen (secondary N) is 1. The largest absolute Gasteiger partial charge is 0.465 e. The van der Waals surface area contributed by atoms with Gasteiger partial charge in [-0.15, -0.1) is 11.8 Å². The predicted molar refractivity (Wildman–Crippen MR) is 89.8 cm³/mol. The maximum atomic E-state index is 12.2. The highest BCUT2D eigenvalue weighted by molar-refractivity contribution is 7.99. The highest BCUT2D eigenvalue weighted by Crippen LogP contribution is 2.29. The van der Waals surface area contributed by atoms with Crippen molar-refractivity contribution in [3.63, 3.8) is 0 Å². The quantitative estimate of drug-likeness (QED) is 0.585. The second kappa shape index (κ2) is 8.44. The third-order valence-electron chi connectivity index (χ3n) is 3.32. The molecule has 1 rings (SSSR count). The van der Waals surface area contributed by atoms with Crippen molar-refractivity contribution in [2.24, 2.45) is 0 Å². The van der Waals surface area contributed by atoms with Gasteiger partial charge in [0.15, 0.2) is 0 Å². The van der Waals surface area contributed by atoms with Crippen LogP contribution in [0.4, 0.5) is 0 Å². The van der Waals surface area contributed by atoms with Crippen LogP contribution in [0, 0.1) is 6.92 Å². The van der Waals surface area contributed by atoms with E-state index in [4.69, 9.17) is 4.74 Å². The van der Waals surface area contributed by atoms with Gasteiger partial charge < -0.3 is 10.1 Å². The molecule has 0 saturated carbocycles. The molecule has 1 aromatic rings. The highest BCUT2D eigenvalue weighted by Gasteiger charge is 2.35. The molecule has 0 aliphatic rings. The van der Waals surface area contributed by atoms with Crippen LogP contribution in [0.15, 0.2) is 29.2 Å². The van der Waals surface area contributed by atoms with E-state index >= 15 is 0 Å². The van der Waals surface area contributed by atoms with Crippen molar-refractivity contribution >= 4 is 17.7 Å². The minimum absolute atomic E-state index is 0.163. The van der Waals surface area contributed by atoms with Gasteiger partial charge in [0.25, 0.3) is 0 Å². The number of esters is 1. The lowest BCUT2D eigenvalue weighted by Gasteiger charge is -2.30. The van der Waals surface area contributed by atoms with Crippen LogP contribution >= 0.6 is 11.8 Å². The van der Waals surface area contributed by atoms with Crippen molar-refractivity contribution < 1.29 is 9.53 Å². The molecule has 2 atom stereocenters. The van der Waals surface area contributed by atoms with Gasteiger partial charge in [-0.1, -0.05) is 31.5 Å². The number of benzene rings is 1. The molecule has 0 fully saturated rings. The SMILES string of the molecule is CCNC(C)(CC(C)Sc1cccc(C)c1)C(=O)OCC. The van der Waals surface area contributed by atoms with E-state index in [0.717, 1.165) is 13.0 Å². The normalized spacial score (nSPS) is 15.3. The molecule has 0 aliphatic heterocycles. The molecule has 0 spiro atoms. The van der Waals surface area contributed by atoms with Gasteiger partial charge in [-0.25, -0.2) is 0 Å². The second-order valence-electron chi connectivity index (χ2n) is 5.53. The summed E-state index contributed by atoms with van der Waals surface area (Å²) in [4.78, 5) is 13.4. The van der Waals surface area contributed by atoms with E-state index in [-0.39, 0.29) is 5.97 Å². The summed E-state index contributed by atoms with van der Waals surface area (Å²) in [6, 6.07) is 8.45. The summed E-state index contributed by atoms with van der Waals surface area (Å²) in [6.07, 6.45) is 0.734. The average Bonchev–Trinajstić information content (AvgIpc) is 2.38. The average molecular weight is 309 g/mol. The molecule has 21 heavy (non-hydrogen) atoms. The summed E-state index contributed by atoms with van der Waals surface area (Å²) < 4.78 is 5.22. The highest BCUT2D eigenvalue weighted by atomic mass is 32.2. The van der Waals surface area contributed by atoms with Crippen LogP contribution in [0.1, 0.15) is 39.7 Å². The second-order valence-corrected chi connectivity index (χ2v) is 7.04. The van der Waals surface area contributed by atoms with E-state index in [1.54, 1.807) is 11.8 Å². The van der Waals surface area contributed by atoms with Crippen molar-refractivity contribution in [3.8, 4) is 0 Å². The lowest BCUT2D eigenvalue weighted by Crippen LogP contribution is -2.51. The fourth-order valence-electron chi connectivity index (χ4n) is 2.45. The number of rotatable bonds is 8. The van der Waals surface area contributed by atoms with Crippen LogP contribution < -0.4 is 5.32 Å². The van der Waals surface area contributed by atoms with E-state index in [1.165, 1.54) is 10.5 Å². The van der Waals surface area contributed by atoms with Gasteiger partial charge in [0, 0.05) is 10.1 Å². The Kier molecular flexibility index (Phi) is 7.26. The third-order valence-corrected chi connectivity index (χ3v) is 4.41. The van der Waals surface area contributed by atoms with Gasteiger partial charge in [-0.05, 0) is 45.9 Å². The van der Waals surface area contributed by atoms with Crippen LogP contribution in [-0.4, -0.2) is 29.9 Å². The van der Waals surface area contributed by atoms with Crippen molar-refractivity contribution in [2.75, 3.05) is 13.2 Å². The van der Waals surface area contributed by atoms with Gasteiger partial charge in [0.1, 0.15) is 5.54 Å². The van der Waals surface area contributed by atoms with E-state index < -0.39 is 5.54 Å². The molecular weight excluding hydrogens is 282 g/mol. The molecule has 3 nitrogen and oxygen atoms in total. The van der Waals surface area contributed by atoms with E-state index in [2.05, 4.69) is 43.4 Å². The Morgan fingerprint density at radius 3 is 2.71 bits per heavy atom. The Hall–Kier alpha value is -1.00. The number of hydrogen-bond acceptors (Lipinski definition) is 4. The first-order chi connectivity index (χ1) is 9.91. The topological polar surface area (TPSA) is 38.3 Å². The number of hydrogen-bond donors (Lipinski definition) is 1. The number of thioether (sulfide) groups is 1. The van der Waals surface area contributed by atoms with Gasteiger partial charge in [0.2, 0.25) is 0 Å². The van der Waals surface area contributed by atoms with Crippen LogP contribution in [0.2, 0.25) is 0 Å². The molecule has 0 radical (unpaired) electrons. The Morgan fingerprint density at radius 1 is 1.43 bits per heavy atom. The minimum atomic E-state index is -0.624. The molecule has 0 amide bonds. The predicted octanol–water partition coefficient (Wildman–Crippen LogP) is 3.80. The van der Waals surface area contributed by atoms with Crippen LogP contribution in [0.25, 0.3) is 0 Å². The summed E-state index contributed by atoms with van der Waals surface area (Å²) in [5.41, 5.74) is 0.633. The molecule has 0 saturated heterocycles. The number of carbonyl (C=O) groups is 1. The Bertz CT molecular complexity index is 464. The van der Waals surface area contributed by atoms with Crippen LogP contribution in [-0.2, 0) is 9.53 Å². The summed E-state index contributed by atoms with van der Waals surface area (Å²) in [6.45, 7) is 11.2. The fraction of sp³-hybridized carbons (Fsp3) is 0.588. The zero-order chi connectivity index (χ0) is 15.9. The number of aryl methyl sites for hydroxylation is 1. The van der Waals surface area contributed by atoms with Crippen LogP contribution in [0.3, 0.4) is 0 Å². The molecule has 0 heterocycles. The van der Waals surface area contributed by atoms with Gasteiger partial charge in [-0.2, -0.15) is 0 Å². The van der Waals surface area contributed by atoms with Crippen molar-refractivity contribution in [1.29, 1.82) is 0 Å². The molecule has 0 aliphatic carbocycles. The van der Waals surface area contributed by atoms with Crippen molar-refractivity contribution in [3.05, 3.63) is 29.8 Å². The summed E-state index contributed by atoms with van der Waals surface area (Å²) in [7, 11) is 0. The monoisotopic (exact) mass is 309 g/mol. The van der Waals surface area contributed by atoms with E-state index in [9.17, 15) is 4.79 Å². The summed E-state index contributed by atoms with van der Waals surface area (Å²) >= 11 is 1.80. The van der Waals surface area contributed by atoms with Crippen molar-refractivity contribution in [1.82, 2.24) is 5.32 Å². The third kappa shape index (κ3) is 5.71. The first kappa shape index (κ1) is 18.1. The molecule has 4 heteroatoms. The smallest absolute Gasteiger partial charge is 0.326 e. The number of ether oxygens (including phenoxy) is 1.